The summed E-state index contributed by atoms with van der Waals surface area (Å²) in [5.74, 6) is 4.58. The fourth-order valence-corrected chi connectivity index (χ4v) is 1.11. The summed E-state index contributed by atoms with van der Waals surface area (Å²) in [5.41, 5.74) is 14.7. The summed E-state index contributed by atoms with van der Waals surface area (Å²) in [6.45, 7) is 0. The lowest BCUT2D eigenvalue weighted by molar-refractivity contribution is -0.122. The van der Waals surface area contributed by atoms with E-state index in [1.807, 2.05) is 17.6 Å². The summed E-state index contributed by atoms with van der Waals surface area (Å²) in [4.78, 5) is 11.0. The maximum Gasteiger partial charge on any atom is 0.251 e. The Morgan fingerprint density at radius 3 is 2.43 bits per heavy atom. The van der Waals surface area contributed by atoms with Gasteiger partial charge in [0.25, 0.3) is 5.91 Å². The Hall–Kier alpha value is -1.59. The first-order valence-electron chi connectivity index (χ1n) is 4.24. The smallest absolute Gasteiger partial charge is 0.251 e. The first kappa shape index (κ1) is 10.5. The number of benzene rings is 1. The van der Waals surface area contributed by atoms with Gasteiger partial charge in [0.15, 0.2) is 0 Å². The summed E-state index contributed by atoms with van der Waals surface area (Å²) in [6.07, 6.45) is 0.448. The van der Waals surface area contributed by atoms with E-state index < -0.39 is 6.04 Å². The molecule has 76 valence electrons. The molecule has 5 heteroatoms. The molecule has 0 heterocycles. The summed E-state index contributed by atoms with van der Waals surface area (Å²) >= 11 is 0. The SMILES string of the molecule is NNC(=O)[C@H](N)Cc1ccc(N)cc1. The largest absolute Gasteiger partial charge is 0.399 e. The Bertz CT molecular complexity index is 309. The van der Waals surface area contributed by atoms with E-state index in [4.69, 9.17) is 17.3 Å². The lowest BCUT2D eigenvalue weighted by atomic mass is 10.1. The van der Waals surface area contributed by atoms with Crippen LogP contribution in [0.1, 0.15) is 5.56 Å². The third-order valence-electron chi connectivity index (χ3n) is 1.91. The van der Waals surface area contributed by atoms with Crippen LogP contribution >= 0.6 is 0 Å². The number of nitrogen functional groups attached to an aromatic ring is 1. The van der Waals surface area contributed by atoms with Gasteiger partial charge >= 0.3 is 0 Å². The molecule has 0 saturated heterocycles. The second kappa shape index (κ2) is 4.59. The van der Waals surface area contributed by atoms with Gasteiger partial charge in [0, 0.05) is 5.69 Å². The fraction of sp³-hybridized carbons (Fsp3) is 0.222. The number of rotatable bonds is 3. The molecule has 0 saturated carbocycles. The number of hydrogen-bond donors (Lipinski definition) is 4. The van der Waals surface area contributed by atoms with Crippen molar-refractivity contribution in [2.24, 2.45) is 11.6 Å². The molecular weight excluding hydrogens is 180 g/mol. The third-order valence-corrected chi connectivity index (χ3v) is 1.91. The highest BCUT2D eigenvalue weighted by atomic mass is 16.2. The topological polar surface area (TPSA) is 107 Å². The maximum absolute atomic E-state index is 11.0. The monoisotopic (exact) mass is 194 g/mol. The molecule has 1 rings (SSSR count). The molecule has 0 aromatic heterocycles. The van der Waals surface area contributed by atoms with Gasteiger partial charge in [-0.05, 0) is 24.1 Å². The average molecular weight is 194 g/mol. The number of nitrogens with two attached hydrogens (primary N) is 3. The minimum atomic E-state index is -0.622. The summed E-state index contributed by atoms with van der Waals surface area (Å²) in [7, 11) is 0. The molecule has 5 nitrogen and oxygen atoms in total. The van der Waals surface area contributed by atoms with E-state index in [1.165, 1.54) is 0 Å². The zero-order chi connectivity index (χ0) is 10.6. The van der Waals surface area contributed by atoms with E-state index in [1.54, 1.807) is 12.1 Å². The standard InChI is InChI=1S/C9H14N4O/c10-7-3-1-6(2-4-7)5-8(11)9(14)13-12/h1-4,8H,5,10-12H2,(H,13,14)/t8-/m1/s1. The van der Waals surface area contributed by atoms with Crippen LogP contribution < -0.4 is 22.7 Å². The fourth-order valence-electron chi connectivity index (χ4n) is 1.11. The average Bonchev–Trinajstić information content (AvgIpc) is 2.20. The van der Waals surface area contributed by atoms with Crippen LogP contribution in [0, 0.1) is 0 Å². The van der Waals surface area contributed by atoms with Crippen LogP contribution in [0.4, 0.5) is 5.69 Å². The van der Waals surface area contributed by atoms with Crippen LogP contribution in [0.15, 0.2) is 24.3 Å². The van der Waals surface area contributed by atoms with Gasteiger partial charge in [-0.25, -0.2) is 5.84 Å². The predicted octanol–water partition coefficient (Wildman–Crippen LogP) is -0.871. The van der Waals surface area contributed by atoms with E-state index in [0.717, 1.165) is 5.56 Å². The molecule has 1 aromatic carbocycles. The van der Waals surface area contributed by atoms with Crippen LogP contribution in [0.2, 0.25) is 0 Å². The molecular formula is C9H14N4O. The van der Waals surface area contributed by atoms with Crippen molar-refractivity contribution in [1.82, 2.24) is 5.43 Å². The predicted molar refractivity (Wildman–Crippen MR) is 54.9 cm³/mol. The number of hydrazine groups is 1. The maximum atomic E-state index is 11.0. The minimum absolute atomic E-state index is 0.373. The molecule has 0 fully saturated rings. The van der Waals surface area contributed by atoms with Crippen LogP contribution in [0.5, 0.6) is 0 Å². The van der Waals surface area contributed by atoms with E-state index >= 15 is 0 Å². The second-order valence-corrected chi connectivity index (χ2v) is 3.06. The quantitative estimate of drug-likeness (QED) is 0.217. The molecule has 0 spiro atoms. The normalized spacial score (nSPS) is 12.1. The Morgan fingerprint density at radius 2 is 1.93 bits per heavy atom. The van der Waals surface area contributed by atoms with Crippen LogP contribution in [0.3, 0.4) is 0 Å². The van der Waals surface area contributed by atoms with Crippen LogP contribution in [-0.2, 0) is 11.2 Å². The number of amides is 1. The van der Waals surface area contributed by atoms with Crippen molar-refractivity contribution >= 4 is 11.6 Å². The molecule has 1 atom stereocenters. The van der Waals surface area contributed by atoms with Gasteiger partial charge in [0.05, 0.1) is 6.04 Å². The van der Waals surface area contributed by atoms with Gasteiger partial charge in [0.1, 0.15) is 0 Å². The lowest BCUT2D eigenvalue weighted by Gasteiger charge is -2.09. The van der Waals surface area contributed by atoms with Crippen molar-refractivity contribution in [3.8, 4) is 0 Å². The Morgan fingerprint density at radius 1 is 1.36 bits per heavy atom. The van der Waals surface area contributed by atoms with E-state index in [9.17, 15) is 4.79 Å². The first-order valence-corrected chi connectivity index (χ1v) is 4.24. The summed E-state index contributed by atoms with van der Waals surface area (Å²) in [6, 6.07) is 6.58. The lowest BCUT2D eigenvalue weighted by Crippen LogP contribution is -2.45. The van der Waals surface area contributed by atoms with Gasteiger partial charge in [-0.1, -0.05) is 12.1 Å². The van der Waals surface area contributed by atoms with Crippen molar-refractivity contribution in [2.75, 3.05) is 5.73 Å². The summed E-state index contributed by atoms with van der Waals surface area (Å²) < 4.78 is 0. The Balaban J connectivity index is 2.60. The van der Waals surface area contributed by atoms with Crippen molar-refractivity contribution in [3.63, 3.8) is 0 Å². The van der Waals surface area contributed by atoms with Crippen molar-refractivity contribution in [2.45, 2.75) is 12.5 Å². The Labute approximate surface area is 82.2 Å². The highest BCUT2D eigenvalue weighted by Crippen LogP contribution is 2.07. The highest BCUT2D eigenvalue weighted by molar-refractivity contribution is 5.81. The molecule has 0 unspecified atom stereocenters. The molecule has 1 amide bonds. The zero-order valence-corrected chi connectivity index (χ0v) is 7.73. The molecule has 0 aliphatic rings. The zero-order valence-electron chi connectivity index (χ0n) is 7.73. The highest BCUT2D eigenvalue weighted by Gasteiger charge is 2.11. The van der Waals surface area contributed by atoms with E-state index in [0.29, 0.717) is 12.1 Å². The molecule has 14 heavy (non-hydrogen) atoms. The van der Waals surface area contributed by atoms with E-state index in [-0.39, 0.29) is 5.91 Å². The van der Waals surface area contributed by atoms with Gasteiger partial charge in [0.2, 0.25) is 0 Å². The molecule has 0 aliphatic heterocycles. The first-order chi connectivity index (χ1) is 6.63. The minimum Gasteiger partial charge on any atom is -0.399 e. The molecule has 0 bridgehead atoms. The van der Waals surface area contributed by atoms with Gasteiger partial charge in [-0.2, -0.15) is 0 Å². The molecule has 1 aromatic rings. The third kappa shape index (κ3) is 2.72. The van der Waals surface area contributed by atoms with E-state index in [2.05, 4.69) is 0 Å². The number of hydrogen-bond acceptors (Lipinski definition) is 4. The number of anilines is 1. The van der Waals surface area contributed by atoms with Gasteiger partial charge in [-0.3, -0.25) is 10.2 Å². The number of carbonyl (C=O) groups excluding carboxylic acids is 1. The second-order valence-electron chi connectivity index (χ2n) is 3.06. The van der Waals surface area contributed by atoms with Crippen LogP contribution in [-0.4, -0.2) is 11.9 Å². The molecule has 0 aliphatic carbocycles. The van der Waals surface area contributed by atoms with Crippen molar-refractivity contribution < 1.29 is 4.79 Å². The van der Waals surface area contributed by atoms with Crippen molar-refractivity contribution in [3.05, 3.63) is 29.8 Å². The van der Waals surface area contributed by atoms with Crippen molar-refractivity contribution in [1.29, 1.82) is 0 Å². The number of nitrogens with one attached hydrogen (secondary N) is 1. The van der Waals surface area contributed by atoms with Gasteiger partial charge < -0.3 is 11.5 Å². The summed E-state index contributed by atoms with van der Waals surface area (Å²) in [5, 5.41) is 0. The van der Waals surface area contributed by atoms with Crippen LogP contribution in [0.25, 0.3) is 0 Å². The molecule has 0 radical (unpaired) electrons. The van der Waals surface area contributed by atoms with Gasteiger partial charge in [-0.15, -0.1) is 0 Å². The number of carbonyl (C=O) groups is 1. The Kier molecular flexibility index (Phi) is 3.44. The molecule has 7 N–H and O–H groups in total.